The number of oxazole rings is 1. The molecular weight excluding hydrogens is 644 g/mol. The van der Waals surface area contributed by atoms with Crippen LogP contribution in [0, 0.1) is 12.3 Å². The lowest BCUT2D eigenvalue weighted by Gasteiger charge is -2.36. The lowest BCUT2D eigenvalue weighted by molar-refractivity contribution is -0.162. The maximum absolute atomic E-state index is 13.2. The molecule has 1 aromatic rings. The number of aromatic nitrogens is 1. The van der Waals surface area contributed by atoms with Crippen LogP contribution in [0.1, 0.15) is 39.3 Å². The highest BCUT2D eigenvalue weighted by Crippen LogP contribution is 2.26. The molecule has 13 nitrogen and oxygen atoms in total. The maximum Gasteiger partial charge on any atom is 0.278 e. The number of likely N-dealkylation sites (N-methyl/N-ethyl adjacent to an activating group) is 1. The van der Waals surface area contributed by atoms with Crippen LogP contribution in [0.25, 0.3) is 0 Å². The SMILES string of the molecule is COC(C)C(CO)N(C)C(=O)C1(NC(=O)/C=C/C=C/C=C/C=C\CNC(=O)C(C)(C)C(O)\C(C)=C/C=C\C=C\Cc2cnc(C)o2)COCO1. The molecule has 1 aromatic heterocycles. The fraction of sp³-hybridized carbons (Fsp3) is 0.459. The second-order valence-corrected chi connectivity index (χ2v) is 12.2. The molecule has 4 N–H and O–H groups in total. The molecule has 0 bridgehead atoms. The molecule has 1 aliphatic rings. The van der Waals surface area contributed by atoms with E-state index in [4.69, 9.17) is 18.6 Å². The lowest BCUT2D eigenvalue weighted by atomic mass is 9.81. The molecule has 0 saturated carbocycles. The van der Waals surface area contributed by atoms with Gasteiger partial charge in [-0.25, -0.2) is 4.98 Å². The molecule has 4 unspecified atom stereocenters. The number of nitrogens with zero attached hydrogens (tertiary/aromatic N) is 2. The largest absolute Gasteiger partial charge is 0.446 e. The van der Waals surface area contributed by atoms with Crippen LogP contribution in [0.15, 0.2) is 95.2 Å². The molecular formula is C37H52N4O9. The van der Waals surface area contributed by atoms with Crippen molar-refractivity contribution in [2.75, 3.05) is 40.7 Å². The molecule has 50 heavy (non-hydrogen) atoms. The Morgan fingerprint density at radius 3 is 2.38 bits per heavy atom. The Balaban J connectivity index is 1.78. The molecule has 3 amide bonds. The average molecular weight is 697 g/mol. The number of hydrogen-bond donors (Lipinski definition) is 4. The zero-order chi connectivity index (χ0) is 37.2. The summed E-state index contributed by atoms with van der Waals surface area (Å²) >= 11 is 0. The quantitative estimate of drug-likeness (QED) is 0.125. The number of allylic oxidation sites excluding steroid dienone is 11. The van der Waals surface area contributed by atoms with E-state index in [-0.39, 0.29) is 32.5 Å². The zero-order valence-electron chi connectivity index (χ0n) is 30.0. The molecule has 0 radical (unpaired) electrons. The summed E-state index contributed by atoms with van der Waals surface area (Å²) in [6.45, 7) is 8.25. The van der Waals surface area contributed by atoms with Crippen LogP contribution >= 0.6 is 0 Å². The normalized spacial score (nSPS) is 19.4. The minimum absolute atomic E-state index is 0.171. The Morgan fingerprint density at radius 2 is 1.76 bits per heavy atom. The van der Waals surface area contributed by atoms with Gasteiger partial charge < -0.3 is 44.4 Å². The van der Waals surface area contributed by atoms with Gasteiger partial charge in [-0.1, -0.05) is 72.9 Å². The van der Waals surface area contributed by atoms with Crippen LogP contribution in [0.5, 0.6) is 0 Å². The lowest BCUT2D eigenvalue weighted by Crippen LogP contribution is -2.63. The van der Waals surface area contributed by atoms with Gasteiger partial charge in [0.25, 0.3) is 5.91 Å². The third kappa shape index (κ3) is 12.8. The second kappa shape index (κ2) is 21.0. The van der Waals surface area contributed by atoms with Gasteiger partial charge in [-0.15, -0.1) is 0 Å². The van der Waals surface area contributed by atoms with Gasteiger partial charge in [-0.05, 0) is 33.3 Å². The number of aliphatic hydroxyl groups excluding tert-OH is 2. The van der Waals surface area contributed by atoms with E-state index >= 15 is 0 Å². The third-order valence-corrected chi connectivity index (χ3v) is 8.01. The third-order valence-electron chi connectivity index (χ3n) is 8.01. The van der Waals surface area contributed by atoms with Crippen molar-refractivity contribution in [2.45, 2.75) is 65.0 Å². The molecule has 1 aliphatic heterocycles. The second-order valence-electron chi connectivity index (χ2n) is 12.2. The summed E-state index contributed by atoms with van der Waals surface area (Å²) in [5, 5.41) is 26.0. The first kappa shape index (κ1) is 41.8. The Labute approximate surface area is 294 Å². The van der Waals surface area contributed by atoms with Gasteiger partial charge in [0.1, 0.15) is 12.4 Å². The van der Waals surface area contributed by atoms with E-state index in [0.717, 1.165) is 5.76 Å². The van der Waals surface area contributed by atoms with Crippen LogP contribution in [-0.2, 0) is 35.0 Å². The smallest absolute Gasteiger partial charge is 0.278 e. The molecule has 2 heterocycles. The monoisotopic (exact) mass is 696 g/mol. The number of carbonyl (C=O) groups excluding carboxylic acids is 3. The number of ether oxygens (including phenoxy) is 3. The molecule has 1 saturated heterocycles. The Morgan fingerprint density at radius 1 is 1.10 bits per heavy atom. The number of nitrogens with one attached hydrogen (secondary N) is 2. The molecule has 274 valence electrons. The number of aliphatic hydroxyl groups is 2. The van der Waals surface area contributed by atoms with Gasteiger partial charge in [0.15, 0.2) is 12.7 Å². The van der Waals surface area contributed by atoms with E-state index in [0.29, 0.717) is 17.9 Å². The molecule has 1 fully saturated rings. The van der Waals surface area contributed by atoms with Crippen molar-refractivity contribution in [3.8, 4) is 0 Å². The fourth-order valence-corrected chi connectivity index (χ4v) is 4.78. The molecule has 13 heteroatoms. The van der Waals surface area contributed by atoms with Crippen LogP contribution in [0.2, 0.25) is 0 Å². The van der Waals surface area contributed by atoms with Crippen molar-refractivity contribution in [1.29, 1.82) is 0 Å². The van der Waals surface area contributed by atoms with Gasteiger partial charge in [0.05, 0.1) is 36.5 Å². The van der Waals surface area contributed by atoms with Crippen molar-refractivity contribution in [1.82, 2.24) is 20.5 Å². The van der Waals surface area contributed by atoms with Crippen LogP contribution < -0.4 is 10.6 Å². The highest BCUT2D eigenvalue weighted by Gasteiger charge is 2.48. The van der Waals surface area contributed by atoms with E-state index in [1.165, 1.54) is 31.2 Å². The minimum Gasteiger partial charge on any atom is -0.446 e. The first-order valence-corrected chi connectivity index (χ1v) is 16.3. The summed E-state index contributed by atoms with van der Waals surface area (Å²) in [6, 6.07) is -0.651. The van der Waals surface area contributed by atoms with Gasteiger partial charge in [-0.2, -0.15) is 0 Å². The molecule has 4 atom stereocenters. The Hall–Kier alpha value is -4.40. The van der Waals surface area contributed by atoms with E-state index in [1.54, 1.807) is 89.4 Å². The van der Waals surface area contributed by atoms with Crippen molar-refractivity contribution in [3.05, 3.63) is 102 Å². The van der Waals surface area contributed by atoms with E-state index in [1.807, 2.05) is 18.2 Å². The fourth-order valence-electron chi connectivity index (χ4n) is 4.78. The van der Waals surface area contributed by atoms with Crippen LogP contribution in [-0.4, -0.2) is 103 Å². The summed E-state index contributed by atoms with van der Waals surface area (Å²) in [6.07, 6.45) is 23.2. The average Bonchev–Trinajstić information content (AvgIpc) is 3.75. The first-order chi connectivity index (χ1) is 23.8. The van der Waals surface area contributed by atoms with Crippen molar-refractivity contribution < 1.29 is 43.2 Å². The van der Waals surface area contributed by atoms with E-state index in [9.17, 15) is 24.6 Å². The predicted octanol–water partition coefficient (Wildman–Crippen LogP) is 2.98. The van der Waals surface area contributed by atoms with E-state index < -0.39 is 41.2 Å². The minimum atomic E-state index is -1.72. The number of aryl methyl sites for hydroxylation is 1. The molecule has 2 rings (SSSR count). The zero-order valence-corrected chi connectivity index (χ0v) is 30.0. The van der Waals surface area contributed by atoms with Gasteiger partial charge in [0.2, 0.25) is 17.5 Å². The van der Waals surface area contributed by atoms with Crippen molar-refractivity contribution in [2.24, 2.45) is 5.41 Å². The highest BCUT2D eigenvalue weighted by atomic mass is 16.7. The number of rotatable bonds is 19. The predicted molar refractivity (Wildman–Crippen MR) is 189 cm³/mol. The van der Waals surface area contributed by atoms with Crippen LogP contribution in [0.4, 0.5) is 0 Å². The summed E-state index contributed by atoms with van der Waals surface area (Å²) < 4.78 is 21.4. The molecule has 0 aromatic carbocycles. The summed E-state index contributed by atoms with van der Waals surface area (Å²) in [4.78, 5) is 44.0. The standard InChI is InChI=1S/C37H52N4O9/c1-27(19-15-12-13-16-20-30-23-39-29(3)50-30)33(44)36(4,5)34(45)38-22-18-14-10-8-9-11-17-21-32(43)40-37(25-48-26-49-37)35(46)41(6)31(24-42)28(2)47-7/h8-19,21,23,28,31,33,42,44H,20,22,24-26H2,1-7H3,(H,38,45)(H,40,43)/b10-8+,11-9+,15-12-,16-13+,18-14-,21-17+,27-19-. The summed E-state index contributed by atoms with van der Waals surface area (Å²) in [7, 11) is 2.97. The highest BCUT2D eigenvalue weighted by molar-refractivity contribution is 5.95. The van der Waals surface area contributed by atoms with Gasteiger partial charge in [0, 0.05) is 40.1 Å². The number of hydrogen-bond acceptors (Lipinski definition) is 10. The summed E-state index contributed by atoms with van der Waals surface area (Å²) in [5.74, 6) is -0.0192. The van der Waals surface area contributed by atoms with Crippen molar-refractivity contribution >= 4 is 17.7 Å². The number of carbonyl (C=O) groups is 3. The summed E-state index contributed by atoms with van der Waals surface area (Å²) in [5.41, 5.74) is -2.12. The Bertz CT molecular complexity index is 1460. The van der Waals surface area contributed by atoms with Crippen LogP contribution in [0.3, 0.4) is 0 Å². The van der Waals surface area contributed by atoms with Gasteiger partial charge >= 0.3 is 0 Å². The first-order valence-electron chi connectivity index (χ1n) is 16.3. The Kier molecular flexibility index (Phi) is 17.5. The number of amides is 3. The maximum atomic E-state index is 13.2. The van der Waals surface area contributed by atoms with Gasteiger partial charge in [-0.3, -0.25) is 14.4 Å². The molecule has 0 aliphatic carbocycles. The molecule has 0 spiro atoms. The van der Waals surface area contributed by atoms with E-state index in [2.05, 4.69) is 15.6 Å². The number of methoxy groups -OCH3 is 1. The topological polar surface area (TPSA) is 173 Å². The van der Waals surface area contributed by atoms with Crippen molar-refractivity contribution in [3.63, 3.8) is 0 Å².